The quantitative estimate of drug-likeness (QED) is 0.233. The average Bonchev–Trinajstić information content (AvgIpc) is 3.30. The Morgan fingerprint density at radius 3 is 2.66 bits per heavy atom. The van der Waals surface area contributed by atoms with E-state index in [-0.39, 0.29) is 11.4 Å². The van der Waals surface area contributed by atoms with Crippen molar-refractivity contribution in [3.05, 3.63) is 161 Å². The van der Waals surface area contributed by atoms with Gasteiger partial charge >= 0.3 is 0 Å². The molecule has 4 aromatic carbocycles. The molecule has 0 fully saturated rings. The lowest BCUT2D eigenvalue weighted by atomic mass is 9.83. The van der Waals surface area contributed by atoms with Crippen molar-refractivity contribution < 1.29 is 9.13 Å². The van der Waals surface area contributed by atoms with Gasteiger partial charge in [-0.3, -0.25) is 9.36 Å². The van der Waals surface area contributed by atoms with Crippen LogP contribution in [0.2, 0.25) is 5.02 Å². The molecule has 0 spiro atoms. The van der Waals surface area contributed by atoms with Crippen molar-refractivity contribution in [2.24, 2.45) is 4.99 Å². The van der Waals surface area contributed by atoms with Crippen molar-refractivity contribution in [1.82, 2.24) is 4.57 Å². The smallest absolute Gasteiger partial charge is 0.271 e. The highest BCUT2D eigenvalue weighted by atomic mass is 35.5. The molecule has 4 nitrogen and oxygen atoms in total. The minimum Gasteiger partial charge on any atom is -0.488 e. The van der Waals surface area contributed by atoms with E-state index in [0.29, 0.717) is 26.7 Å². The number of halogens is 2. The molecule has 0 radical (unpaired) electrons. The summed E-state index contributed by atoms with van der Waals surface area (Å²) in [5, 5.41) is 0.640. The summed E-state index contributed by atoms with van der Waals surface area (Å²) in [7, 11) is 0. The number of allylic oxidation sites excluding steroid dienone is 1. The average molecular weight is 579 g/mol. The molecule has 1 unspecified atom stereocenters. The molecule has 0 saturated carbocycles. The molecule has 0 saturated heterocycles. The third kappa shape index (κ3) is 4.73. The van der Waals surface area contributed by atoms with Gasteiger partial charge in [0.2, 0.25) is 0 Å². The number of ether oxygens (including phenoxy) is 1. The number of rotatable bonds is 5. The monoisotopic (exact) mass is 578 g/mol. The van der Waals surface area contributed by atoms with Gasteiger partial charge in [0.1, 0.15) is 18.2 Å². The fourth-order valence-electron chi connectivity index (χ4n) is 5.64. The predicted octanol–water partition coefficient (Wildman–Crippen LogP) is 6.69. The molecule has 1 aromatic heterocycles. The lowest BCUT2D eigenvalue weighted by Gasteiger charge is -2.30. The third-order valence-electron chi connectivity index (χ3n) is 7.58. The molecule has 0 N–H and O–H groups in total. The number of benzene rings is 4. The Morgan fingerprint density at radius 2 is 1.78 bits per heavy atom. The van der Waals surface area contributed by atoms with E-state index in [0.717, 1.165) is 46.4 Å². The van der Waals surface area contributed by atoms with Gasteiger partial charge in [0.25, 0.3) is 5.56 Å². The molecule has 7 rings (SSSR count). The van der Waals surface area contributed by atoms with Gasteiger partial charge in [0.05, 0.1) is 16.3 Å². The second-order valence-electron chi connectivity index (χ2n) is 10.1. The van der Waals surface area contributed by atoms with Gasteiger partial charge in [0, 0.05) is 21.7 Å². The standard InChI is InChI=1S/C34H24ClFN2O2S/c35-28-14-5-2-10-24(28)20-40-29-15-6-3-9-22(29)19-30-33(39)38-32(23-11-7-12-25(36)18-23)27-17-16-21-8-1-4-13-26(21)31(27)37-34(38)41-30/h1-15,18-19,32H,16-17,20H2. The van der Waals surface area contributed by atoms with Gasteiger partial charge in [-0.2, -0.15) is 0 Å². The molecule has 1 aliphatic heterocycles. The largest absolute Gasteiger partial charge is 0.488 e. The van der Waals surface area contributed by atoms with Gasteiger partial charge in [-0.05, 0) is 59.9 Å². The van der Waals surface area contributed by atoms with Crippen molar-refractivity contribution in [3.8, 4) is 5.75 Å². The highest BCUT2D eigenvalue weighted by Crippen LogP contribution is 2.41. The molecule has 1 atom stereocenters. The number of para-hydroxylation sites is 1. The third-order valence-corrected chi connectivity index (χ3v) is 8.94. The van der Waals surface area contributed by atoms with Crippen LogP contribution in [0.25, 0.3) is 11.8 Å². The van der Waals surface area contributed by atoms with E-state index in [1.54, 1.807) is 10.6 Å². The second kappa shape index (κ2) is 10.6. The van der Waals surface area contributed by atoms with Crippen LogP contribution in [-0.2, 0) is 13.0 Å². The summed E-state index contributed by atoms with van der Waals surface area (Å²) in [6.45, 7) is 0.303. The van der Waals surface area contributed by atoms with Crippen molar-refractivity contribution in [2.45, 2.75) is 25.5 Å². The van der Waals surface area contributed by atoms with Gasteiger partial charge in [0.15, 0.2) is 4.80 Å². The summed E-state index contributed by atoms with van der Waals surface area (Å²) in [5.41, 5.74) is 6.47. The minimum absolute atomic E-state index is 0.158. The van der Waals surface area contributed by atoms with Crippen molar-refractivity contribution >= 4 is 34.7 Å². The molecule has 2 heterocycles. The van der Waals surface area contributed by atoms with E-state index in [2.05, 4.69) is 12.1 Å². The zero-order chi connectivity index (χ0) is 27.9. The Hall–Kier alpha value is -4.26. The van der Waals surface area contributed by atoms with E-state index in [4.69, 9.17) is 21.3 Å². The maximum Gasteiger partial charge on any atom is 0.271 e. The Labute approximate surface area is 245 Å². The zero-order valence-electron chi connectivity index (χ0n) is 21.9. The maximum absolute atomic E-state index is 14.5. The number of aryl methyl sites for hydroxylation is 1. The first-order chi connectivity index (χ1) is 20.1. The Morgan fingerprint density at radius 1 is 0.976 bits per heavy atom. The van der Waals surface area contributed by atoms with Crippen molar-refractivity contribution in [3.63, 3.8) is 0 Å². The summed E-state index contributed by atoms with van der Waals surface area (Å²) in [5.74, 6) is 0.317. The first-order valence-electron chi connectivity index (χ1n) is 13.4. The maximum atomic E-state index is 14.5. The van der Waals surface area contributed by atoms with Crippen LogP contribution in [0.3, 0.4) is 0 Å². The molecule has 7 heteroatoms. The van der Waals surface area contributed by atoms with Crippen LogP contribution >= 0.6 is 22.9 Å². The molecule has 41 heavy (non-hydrogen) atoms. The normalized spacial score (nSPS) is 16.0. The van der Waals surface area contributed by atoms with Crippen LogP contribution in [0.1, 0.15) is 40.3 Å². The molecular weight excluding hydrogens is 555 g/mol. The SMILES string of the molecule is O=c1c(=Cc2ccccc2OCc2ccccc2Cl)sc2n1C(c1cccc(F)c1)C1=C(N=2)c2ccccc2CC1. The number of hydrogen-bond donors (Lipinski definition) is 0. The number of hydrogen-bond acceptors (Lipinski definition) is 4. The van der Waals surface area contributed by atoms with E-state index >= 15 is 0 Å². The Bertz CT molecular complexity index is 2030. The molecule has 0 bridgehead atoms. The number of thiazole rings is 1. The Kier molecular flexibility index (Phi) is 6.65. The lowest BCUT2D eigenvalue weighted by molar-refractivity contribution is 0.305. The molecule has 1 aliphatic carbocycles. The summed E-state index contributed by atoms with van der Waals surface area (Å²) in [4.78, 5) is 19.7. The van der Waals surface area contributed by atoms with Crippen molar-refractivity contribution in [2.75, 3.05) is 0 Å². The summed E-state index contributed by atoms with van der Waals surface area (Å²) in [6, 6.07) is 29.5. The van der Waals surface area contributed by atoms with E-state index < -0.39 is 6.04 Å². The number of nitrogens with zero attached hydrogens (tertiary/aromatic N) is 2. The van der Waals surface area contributed by atoms with Crippen molar-refractivity contribution in [1.29, 1.82) is 0 Å². The molecular formula is C34H24ClFN2O2S. The molecule has 5 aromatic rings. The molecule has 2 aliphatic rings. The fourth-order valence-corrected chi connectivity index (χ4v) is 6.82. The van der Waals surface area contributed by atoms with Crippen LogP contribution in [0.5, 0.6) is 5.75 Å². The van der Waals surface area contributed by atoms with Gasteiger partial charge in [-0.1, -0.05) is 95.7 Å². The molecule has 202 valence electrons. The van der Waals surface area contributed by atoms with Gasteiger partial charge in [-0.15, -0.1) is 0 Å². The molecule has 0 amide bonds. The summed E-state index contributed by atoms with van der Waals surface area (Å²) in [6.07, 6.45) is 3.45. The van der Waals surface area contributed by atoms with Gasteiger partial charge in [-0.25, -0.2) is 9.38 Å². The van der Waals surface area contributed by atoms with Crippen LogP contribution in [0, 0.1) is 5.82 Å². The van der Waals surface area contributed by atoms with Crippen LogP contribution in [0.15, 0.2) is 112 Å². The fraction of sp³-hybridized carbons (Fsp3) is 0.118. The second-order valence-corrected chi connectivity index (χ2v) is 11.5. The lowest BCUT2D eigenvalue weighted by Crippen LogP contribution is -2.38. The first kappa shape index (κ1) is 25.7. The highest BCUT2D eigenvalue weighted by Gasteiger charge is 2.32. The highest BCUT2D eigenvalue weighted by molar-refractivity contribution is 7.07. The van der Waals surface area contributed by atoms with E-state index in [9.17, 15) is 9.18 Å². The van der Waals surface area contributed by atoms with Gasteiger partial charge < -0.3 is 4.74 Å². The van der Waals surface area contributed by atoms with Crippen LogP contribution in [-0.4, -0.2) is 4.57 Å². The predicted molar refractivity (Wildman–Crippen MR) is 161 cm³/mol. The Balaban J connectivity index is 1.37. The summed E-state index contributed by atoms with van der Waals surface area (Å²) < 4.78 is 22.9. The van der Waals surface area contributed by atoms with Crippen LogP contribution in [0.4, 0.5) is 4.39 Å². The number of fused-ring (bicyclic) bond motifs is 3. The first-order valence-corrected chi connectivity index (χ1v) is 14.6. The zero-order valence-corrected chi connectivity index (χ0v) is 23.5. The van der Waals surface area contributed by atoms with E-state index in [1.165, 1.54) is 29.0 Å². The minimum atomic E-state index is -0.431. The number of aromatic nitrogens is 1. The topological polar surface area (TPSA) is 43.6 Å². The van der Waals surface area contributed by atoms with Crippen LogP contribution < -0.4 is 19.6 Å². The van der Waals surface area contributed by atoms with E-state index in [1.807, 2.05) is 72.8 Å². The summed E-state index contributed by atoms with van der Waals surface area (Å²) >= 11 is 7.67.